The van der Waals surface area contributed by atoms with Crippen LogP contribution >= 0.6 is 7.26 Å². The summed E-state index contributed by atoms with van der Waals surface area (Å²) in [6.45, 7) is 8.63. The van der Waals surface area contributed by atoms with Crippen molar-refractivity contribution in [2.45, 2.75) is 70.0 Å². The second-order valence-electron chi connectivity index (χ2n) is 4.97. The van der Waals surface area contributed by atoms with E-state index in [2.05, 4.69) is 27.7 Å². The van der Waals surface area contributed by atoms with E-state index in [0.717, 1.165) is 19.3 Å². The first-order valence-electron chi connectivity index (χ1n) is 5.68. The first-order valence-corrected chi connectivity index (χ1v) is 7.74. The van der Waals surface area contributed by atoms with Crippen LogP contribution in [0.5, 0.6) is 0 Å². The second kappa shape index (κ2) is 4.47. The highest BCUT2D eigenvalue weighted by atomic mass is 31.2. The molecule has 0 aromatic rings. The molecule has 0 saturated carbocycles. The lowest BCUT2D eigenvalue weighted by molar-refractivity contribution is 0.170. The minimum Gasteiger partial charge on any atom is -0.359 e. The molecule has 0 bridgehead atoms. The molecule has 1 rings (SSSR count). The molecule has 3 heteroatoms. The standard InChI is InChI=1S/C11H24O2P/c1-8(2)14(9(3)4)10(12)6-5-7-11(14)13/h8-13H,5-7H2,1-4H3/q+1. The summed E-state index contributed by atoms with van der Waals surface area (Å²) < 4.78 is 0. The lowest BCUT2D eigenvalue weighted by atomic mass is 10.2. The quantitative estimate of drug-likeness (QED) is 0.701. The summed E-state index contributed by atoms with van der Waals surface area (Å²) in [5, 5.41) is 20.4. The average molecular weight is 219 g/mol. The summed E-state index contributed by atoms with van der Waals surface area (Å²) in [5.74, 6) is -0.461. The van der Waals surface area contributed by atoms with Gasteiger partial charge in [0.15, 0.2) is 11.7 Å². The fourth-order valence-electron chi connectivity index (χ4n) is 3.10. The highest BCUT2D eigenvalue weighted by Crippen LogP contribution is 2.75. The number of hydrogen-bond donors (Lipinski definition) is 2. The zero-order chi connectivity index (χ0) is 10.9. The molecule has 1 fully saturated rings. The van der Waals surface area contributed by atoms with Crippen molar-refractivity contribution in [2.75, 3.05) is 0 Å². The Morgan fingerprint density at radius 2 is 1.29 bits per heavy atom. The van der Waals surface area contributed by atoms with Gasteiger partial charge in [0, 0.05) is 12.8 Å². The molecule has 2 atom stereocenters. The van der Waals surface area contributed by atoms with Gasteiger partial charge in [-0.15, -0.1) is 0 Å². The first kappa shape index (κ1) is 12.4. The largest absolute Gasteiger partial charge is 0.359 e. The van der Waals surface area contributed by atoms with Crippen molar-refractivity contribution in [1.29, 1.82) is 0 Å². The Labute approximate surface area is 88.1 Å². The molecule has 0 aromatic heterocycles. The van der Waals surface area contributed by atoms with Gasteiger partial charge < -0.3 is 10.2 Å². The summed E-state index contributed by atoms with van der Waals surface area (Å²) >= 11 is 0. The van der Waals surface area contributed by atoms with E-state index in [9.17, 15) is 10.2 Å². The van der Waals surface area contributed by atoms with Crippen molar-refractivity contribution in [2.24, 2.45) is 0 Å². The van der Waals surface area contributed by atoms with Crippen LogP contribution in [0.15, 0.2) is 0 Å². The van der Waals surface area contributed by atoms with Crippen molar-refractivity contribution >= 4 is 7.26 Å². The Hall–Kier alpha value is 0.350. The molecule has 84 valence electrons. The van der Waals surface area contributed by atoms with Gasteiger partial charge in [0.25, 0.3) is 0 Å². The monoisotopic (exact) mass is 219 g/mol. The van der Waals surface area contributed by atoms with Crippen LogP contribution in [0.1, 0.15) is 47.0 Å². The van der Waals surface area contributed by atoms with Gasteiger partial charge in [-0.3, -0.25) is 0 Å². The zero-order valence-corrected chi connectivity index (χ0v) is 10.7. The lowest BCUT2D eigenvalue weighted by Gasteiger charge is -2.44. The van der Waals surface area contributed by atoms with Gasteiger partial charge in [-0.25, -0.2) is 0 Å². The van der Waals surface area contributed by atoms with Gasteiger partial charge >= 0.3 is 0 Å². The van der Waals surface area contributed by atoms with Gasteiger partial charge in [0.2, 0.25) is 0 Å². The third-order valence-corrected chi connectivity index (χ3v) is 9.90. The van der Waals surface area contributed by atoms with Crippen LogP contribution in [0.25, 0.3) is 0 Å². The number of aliphatic hydroxyl groups excluding tert-OH is 2. The number of aliphatic hydroxyl groups is 2. The predicted molar refractivity (Wildman–Crippen MR) is 63.1 cm³/mol. The lowest BCUT2D eigenvalue weighted by Crippen LogP contribution is -2.38. The molecule has 0 spiro atoms. The van der Waals surface area contributed by atoms with E-state index in [4.69, 9.17) is 0 Å². The van der Waals surface area contributed by atoms with Crippen LogP contribution in [0.4, 0.5) is 0 Å². The molecular formula is C11H24O2P+. The molecule has 14 heavy (non-hydrogen) atoms. The van der Waals surface area contributed by atoms with Crippen LogP contribution in [0.2, 0.25) is 0 Å². The molecule has 2 nitrogen and oxygen atoms in total. The zero-order valence-electron chi connectivity index (χ0n) is 9.77. The van der Waals surface area contributed by atoms with Crippen LogP contribution < -0.4 is 0 Å². The van der Waals surface area contributed by atoms with E-state index in [0.29, 0.717) is 11.3 Å². The predicted octanol–water partition coefficient (Wildman–Crippen LogP) is 2.64. The SMILES string of the molecule is CC(C)[P+]1(C(C)C)C(O)CCCC1O. The third-order valence-electron chi connectivity index (χ3n) is 3.75. The van der Waals surface area contributed by atoms with E-state index in [1.54, 1.807) is 0 Å². The molecule has 1 saturated heterocycles. The van der Waals surface area contributed by atoms with Gasteiger partial charge in [-0.05, 0) is 34.1 Å². The van der Waals surface area contributed by atoms with Crippen LogP contribution in [-0.4, -0.2) is 33.2 Å². The average Bonchev–Trinajstić information content (AvgIpc) is 2.02. The van der Waals surface area contributed by atoms with E-state index in [-0.39, 0.29) is 11.7 Å². The molecule has 1 aliphatic heterocycles. The molecule has 0 aromatic carbocycles. The third kappa shape index (κ3) is 1.73. The molecule has 1 heterocycles. The van der Waals surface area contributed by atoms with Crippen LogP contribution in [-0.2, 0) is 0 Å². The van der Waals surface area contributed by atoms with E-state index in [1.165, 1.54) is 0 Å². The molecule has 2 N–H and O–H groups in total. The second-order valence-corrected chi connectivity index (χ2v) is 10.0. The maximum absolute atomic E-state index is 10.2. The minimum atomic E-state index is -1.61. The van der Waals surface area contributed by atoms with Crippen LogP contribution in [0, 0.1) is 0 Å². The summed E-state index contributed by atoms with van der Waals surface area (Å²) in [4.78, 5) is 0. The fraction of sp³-hybridized carbons (Fsp3) is 1.00. The summed E-state index contributed by atoms with van der Waals surface area (Å²) in [7, 11) is -1.61. The smallest absolute Gasteiger partial charge is 0.167 e. The summed E-state index contributed by atoms with van der Waals surface area (Å²) in [5.41, 5.74) is 0.876. The Morgan fingerprint density at radius 1 is 0.929 bits per heavy atom. The fourth-order valence-corrected chi connectivity index (χ4v) is 8.70. The van der Waals surface area contributed by atoms with E-state index in [1.807, 2.05) is 0 Å². The molecule has 0 aliphatic carbocycles. The normalized spacial score (nSPS) is 32.6. The maximum Gasteiger partial charge on any atom is 0.167 e. The molecule has 2 unspecified atom stereocenters. The molecule has 0 radical (unpaired) electrons. The van der Waals surface area contributed by atoms with E-state index < -0.39 is 7.26 Å². The Morgan fingerprint density at radius 3 is 1.50 bits per heavy atom. The highest BCUT2D eigenvalue weighted by molar-refractivity contribution is 7.78. The van der Waals surface area contributed by atoms with Gasteiger partial charge in [-0.1, -0.05) is 0 Å². The Bertz CT molecular complexity index is 172. The van der Waals surface area contributed by atoms with Crippen molar-refractivity contribution in [3.8, 4) is 0 Å². The Balaban J connectivity index is 3.02. The van der Waals surface area contributed by atoms with E-state index >= 15 is 0 Å². The Kier molecular flexibility index (Phi) is 3.96. The summed E-state index contributed by atoms with van der Waals surface area (Å²) in [6, 6.07) is 0. The molecule has 0 amide bonds. The van der Waals surface area contributed by atoms with Crippen LogP contribution in [0.3, 0.4) is 0 Å². The van der Waals surface area contributed by atoms with Crippen molar-refractivity contribution < 1.29 is 10.2 Å². The minimum absolute atomic E-state index is 0.230. The summed E-state index contributed by atoms with van der Waals surface area (Å²) in [6.07, 6.45) is 2.76. The van der Waals surface area contributed by atoms with Crippen molar-refractivity contribution in [1.82, 2.24) is 0 Å². The highest BCUT2D eigenvalue weighted by Gasteiger charge is 2.58. The maximum atomic E-state index is 10.2. The van der Waals surface area contributed by atoms with Gasteiger partial charge in [0.05, 0.1) is 18.6 Å². The molecule has 1 aliphatic rings. The topological polar surface area (TPSA) is 40.5 Å². The number of hydrogen-bond acceptors (Lipinski definition) is 2. The number of rotatable bonds is 2. The van der Waals surface area contributed by atoms with Crippen molar-refractivity contribution in [3.63, 3.8) is 0 Å². The molecular weight excluding hydrogens is 195 g/mol. The van der Waals surface area contributed by atoms with Crippen molar-refractivity contribution in [3.05, 3.63) is 0 Å². The first-order chi connectivity index (χ1) is 6.44. The van der Waals surface area contributed by atoms with Gasteiger partial charge in [0.1, 0.15) is 0 Å². The van der Waals surface area contributed by atoms with Gasteiger partial charge in [-0.2, -0.15) is 0 Å².